The van der Waals surface area contributed by atoms with Crippen LogP contribution >= 0.6 is 0 Å². The van der Waals surface area contributed by atoms with Crippen LogP contribution in [0.15, 0.2) is 65.7 Å². The van der Waals surface area contributed by atoms with Crippen molar-refractivity contribution < 1.29 is 24.2 Å². The van der Waals surface area contributed by atoms with Gasteiger partial charge >= 0.3 is 5.97 Å². The Morgan fingerprint density at radius 2 is 2.35 bits per heavy atom. The summed E-state index contributed by atoms with van der Waals surface area (Å²) in [6.07, 6.45) is 11.2. The lowest BCUT2D eigenvalue weighted by atomic mass is 10.00. The van der Waals surface area contributed by atoms with Crippen molar-refractivity contribution in [1.82, 2.24) is 15.3 Å². The van der Waals surface area contributed by atoms with Crippen LogP contribution in [-0.2, 0) is 19.1 Å². The number of H-pyrrole nitrogens is 1. The first-order chi connectivity index (χ1) is 15.1. The standard InChI is InChI=1S/C23H23N3O5/c1-2-30-23(29)18-11-19(28)20(10-15-12-25-21-17(15)4-3-9-24-21)31-22(18)26-16-7-5-14(13-27)6-8-16/h3-5,7-10,12,14,26-27H,2,6,11,13H2,1H3,(H,24,25)/b20-10-. The number of hydrogen-bond acceptors (Lipinski definition) is 7. The predicted molar refractivity (Wildman–Crippen MR) is 114 cm³/mol. The second-order valence-corrected chi connectivity index (χ2v) is 7.20. The van der Waals surface area contributed by atoms with Gasteiger partial charge in [0.1, 0.15) is 11.2 Å². The number of nitrogens with zero attached hydrogens (tertiary/aromatic N) is 1. The van der Waals surface area contributed by atoms with Crippen LogP contribution in [0.5, 0.6) is 0 Å². The molecule has 0 radical (unpaired) electrons. The van der Waals surface area contributed by atoms with E-state index in [2.05, 4.69) is 15.3 Å². The zero-order valence-electron chi connectivity index (χ0n) is 17.1. The van der Waals surface area contributed by atoms with E-state index in [0.717, 1.165) is 10.9 Å². The second-order valence-electron chi connectivity index (χ2n) is 7.20. The number of aliphatic hydroxyl groups is 1. The van der Waals surface area contributed by atoms with E-state index in [0.29, 0.717) is 17.8 Å². The molecule has 0 fully saturated rings. The highest BCUT2D eigenvalue weighted by Crippen LogP contribution is 2.28. The van der Waals surface area contributed by atoms with E-state index >= 15 is 0 Å². The molecule has 0 saturated carbocycles. The lowest BCUT2D eigenvalue weighted by Gasteiger charge is -2.24. The number of esters is 1. The molecule has 8 nitrogen and oxygen atoms in total. The summed E-state index contributed by atoms with van der Waals surface area (Å²) < 4.78 is 11.0. The van der Waals surface area contributed by atoms with Gasteiger partial charge in [-0.2, -0.15) is 0 Å². The maximum atomic E-state index is 12.8. The predicted octanol–water partition coefficient (Wildman–Crippen LogP) is 2.71. The Hall–Kier alpha value is -3.65. The number of allylic oxidation sites excluding steroid dienone is 3. The number of pyridine rings is 1. The summed E-state index contributed by atoms with van der Waals surface area (Å²) in [4.78, 5) is 32.5. The number of hydrogen-bond donors (Lipinski definition) is 3. The molecule has 2 aliphatic rings. The zero-order chi connectivity index (χ0) is 21.8. The minimum absolute atomic E-state index is 0.0591. The Kier molecular flexibility index (Phi) is 5.99. The van der Waals surface area contributed by atoms with E-state index in [4.69, 9.17) is 9.47 Å². The van der Waals surface area contributed by atoms with Gasteiger partial charge in [-0.15, -0.1) is 0 Å². The quantitative estimate of drug-likeness (QED) is 0.485. The molecule has 0 bridgehead atoms. The number of ketones is 1. The molecular weight excluding hydrogens is 398 g/mol. The van der Waals surface area contributed by atoms with Crippen molar-refractivity contribution >= 4 is 28.9 Å². The highest BCUT2D eigenvalue weighted by atomic mass is 16.5. The van der Waals surface area contributed by atoms with Gasteiger partial charge in [0.2, 0.25) is 11.7 Å². The highest BCUT2D eigenvalue weighted by molar-refractivity contribution is 6.06. The summed E-state index contributed by atoms with van der Waals surface area (Å²) in [6, 6.07) is 3.71. The van der Waals surface area contributed by atoms with Crippen molar-refractivity contribution in [2.75, 3.05) is 13.2 Å². The average Bonchev–Trinajstić information content (AvgIpc) is 3.19. The molecule has 1 unspecified atom stereocenters. The Bertz CT molecular complexity index is 1140. The molecule has 3 N–H and O–H groups in total. The first-order valence-corrected chi connectivity index (χ1v) is 10.1. The summed E-state index contributed by atoms with van der Waals surface area (Å²) in [5.74, 6) is -0.568. The zero-order valence-corrected chi connectivity index (χ0v) is 17.1. The molecule has 160 valence electrons. The fourth-order valence-corrected chi connectivity index (χ4v) is 3.41. The van der Waals surface area contributed by atoms with Gasteiger partial charge in [0.05, 0.1) is 13.0 Å². The van der Waals surface area contributed by atoms with Crippen LogP contribution < -0.4 is 5.32 Å². The Balaban J connectivity index is 1.65. The topological polar surface area (TPSA) is 114 Å². The number of aromatic nitrogens is 2. The highest BCUT2D eigenvalue weighted by Gasteiger charge is 2.31. The molecule has 1 atom stereocenters. The molecule has 2 aromatic rings. The van der Waals surface area contributed by atoms with Gasteiger partial charge in [0.15, 0.2) is 5.76 Å². The van der Waals surface area contributed by atoms with Crippen molar-refractivity contribution in [3.05, 3.63) is 71.2 Å². The van der Waals surface area contributed by atoms with Crippen LogP contribution in [0.1, 0.15) is 25.3 Å². The summed E-state index contributed by atoms with van der Waals surface area (Å²) in [5.41, 5.74) is 2.32. The summed E-state index contributed by atoms with van der Waals surface area (Å²) in [5, 5.41) is 13.2. The normalized spacial score (nSPS) is 20.1. The number of ether oxygens (including phenoxy) is 2. The molecule has 4 rings (SSSR count). The van der Waals surface area contributed by atoms with Gasteiger partial charge < -0.3 is 24.9 Å². The van der Waals surface area contributed by atoms with Gasteiger partial charge in [-0.05, 0) is 37.6 Å². The Morgan fingerprint density at radius 1 is 1.48 bits per heavy atom. The number of aliphatic hydroxyl groups excluding tert-OH is 1. The minimum Gasteiger partial charge on any atom is -0.462 e. The van der Waals surface area contributed by atoms with Gasteiger partial charge in [0, 0.05) is 41.6 Å². The molecule has 0 amide bonds. The molecule has 0 spiro atoms. The molecule has 0 aromatic carbocycles. The number of fused-ring (bicyclic) bond motifs is 1. The van der Waals surface area contributed by atoms with Crippen molar-refractivity contribution in [3.63, 3.8) is 0 Å². The van der Waals surface area contributed by atoms with E-state index in [1.165, 1.54) is 0 Å². The molecule has 1 aliphatic heterocycles. The van der Waals surface area contributed by atoms with E-state index in [-0.39, 0.29) is 48.6 Å². The van der Waals surface area contributed by atoms with Crippen LogP contribution in [0.2, 0.25) is 0 Å². The molecule has 3 heterocycles. The van der Waals surface area contributed by atoms with Gasteiger partial charge in [0.25, 0.3) is 0 Å². The number of nitrogens with one attached hydrogen (secondary N) is 2. The third-order valence-corrected chi connectivity index (χ3v) is 5.07. The number of carbonyl (C=O) groups excluding carboxylic acids is 2. The lowest BCUT2D eigenvalue weighted by Crippen LogP contribution is -2.28. The first-order valence-electron chi connectivity index (χ1n) is 10.1. The Labute approximate surface area is 179 Å². The largest absolute Gasteiger partial charge is 0.462 e. The van der Waals surface area contributed by atoms with Crippen LogP contribution in [0.3, 0.4) is 0 Å². The van der Waals surface area contributed by atoms with Gasteiger partial charge in [-0.1, -0.05) is 12.2 Å². The van der Waals surface area contributed by atoms with Crippen LogP contribution in [0.4, 0.5) is 0 Å². The van der Waals surface area contributed by atoms with E-state index in [9.17, 15) is 14.7 Å². The van der Waals surface area contributed by atoms with Gasteiger partial charge in [-0.25, -0.2) is 9.78 Å². The summed E-state index contributed by atoms with van der Waals surface area (Å²) in [7, 11) is 0. The SMILES string of the molecule is CCOC(=O)C1=C(NC2=CCC(CO)C=C2)O/C(=C\c2c[nH]c3ncccc23)C(=O)C1. The first kappa shape index (κ1) is 20.6. The monoisotopic (exact) mass is 421 g/mol. The van der Waals surface area contributed by atoms with E-state index < -0.39 is 5.97 Å². The molecule has 31 heavy (non-hydrogen) atoms. The van der Waals surface area contributed by atoms with Crippen LogP contribution in [0, 0.1) is 5.92 Å². The van der Waals surface area contributed by atoms with E-state index in [1.807, 2.05) is 30.4 Å². The lowest BCUT2D eigenvalue weighted by molar-refractivity contribution is -0.140. The fraction of sp³-hybridized carbons (Fsp3) is 0.261. The van der Waals surface area contributed by atoms with E-state index in [1.54, 1.807) is 25.4 Å². The molecule has 8 heteroatoms. The number of carbonyl (C=O) groups is 2. The maximum absolute atomic E-state index is 12.8. The molecule has 1 aliphatic carbocycles. The van der Waals surface area contributed by atoms with Crippen LogP contribution in [-0.4, -0.2) is 40.0 Å². The van der Waals surface area contributed by atoms with Crippen molar-refractivity contribution in [2.24, 2.45) is 5.92 Å². The molecule has 0 saturated heterocycles. The average molecular weight is 421 g/mol. The maximum Gasteiger partial charge on any atom is 0.339 e. The summed E-state index contributed by atoms with van der Waals surface area (Å²) >= 11 is 0. The molecular formula is C23H23N3O5. The smallest absolute Gasteiger partial charge is 0.339 e. The molecule has 2 aromatic heterocycles. The third-order valence-electron chi connectivity index (χ3n) is 5.07. The fourth-order valence-electron chi connectivity index (χ4n) is 3.41. The minimum atomic E-state index is -0.595. The van der Waals surface area contributed by atoms with Crippen LogP contribution in [0.25, 0.3) is 17.1 Å². The second kappa shape index (κ2) is 9.01. The number of rotatable bonds is 6. The number of Topliss-reactive ketones (excluding diaryl/α,β-unsaturated/α-hetero) is 1. The van der Waals surface area contributed by atoms with Crippen molar-refractivity contribution in [3.8, 4) is 0 Å². The third kappa shape index (κ3) is 4.44. The Morgan fingerprint density at radius 3 is 3.10 bits per heavy atom. The number of aromatic amines is 1. The summed E-state index contributed by atoms with van der Waals surface area (Å²) in [6.45, 7) is 1.96. The van der Waals surface area contributed by atoms with Crippen molar-refractivity contribution in [2.45, 2.75) is 19.8 Å². The van der Waals surface area contributed by atoms with Gasteiger partial charge in [-0.3, -0.25) is 4.79 Å². The van der Waals surface area contributed by atoms with Crippen molar-refractivity contribution in [1.29, 1.82) is 0 Å².